The smallest absolute Gasteiger partial charge is 0.206 e. The summed E-state index contributed by atoms with van der Waals surface area (Å²) in [5.41, 5.74) is 2.23. The number of hydrogen-bond acceptors (Lipinski definition) is 4. The number of fused-ring (bicyclic) bond motifs is 3. The lowest BCUT2D eigenvalue weighted by Gasteiger charge is -2.30. The fourth-order valence-corrected chi connectivity index (χ4v) is 5.79. The van der Waals surface area contributed by atoms with Crippen LogP contribution in [-0.4, -0.2) is 34.6 Å². The number of nitrogens with one attached hydrogen (secondary N) is 1. The van der Waals surface area contributed by atoms with Crippen LogP contribution in [0.1, 0.15) is 24.8 Å². The Morgan fingerprint density at radius 3 is 2.54 bits per heavy atom. The second-order valence-electron chi connectivity index (χ2n) is 7.36. The Hall–Kier alpha value is -1.92. The molecule has 2 aromatic rings. The Labute approximate surface area is 153 Å². The van der Waals surface area contributed by atoms with Gasteiger partial charge in [0.25, 0.3) is 0 Å². The highest BCUT2D eigenvalue weighted by Gasteiger charge is 2.41. The van der Waals surface area contributed by atoms with Gasteiger partial charge in [0.15, 0.2) is 0 Å². The van der Waals surface area contributed by atoms with Gasteiger partial charge in [0.1, 0.15) is 5.82 Å². The number of hydrogen-bond donors (Lipinski definition) is 1. The standard InChI is InChI=1S/C20H23FN2O2S/c1-13-12-22-10-9-17-18-11-16(7-8-19(18)23(2)20(13)17)26(24,25)15-5-3-14(21)4-6-15/h3-8,11,13,17,20,22H,9-10,12H2,1-2H3/t13?,17-,20+/m0/s1. The van der Waals surface area contributed by atoms with Crippen LogP contribution in [0, 0.1) is 11.7 Å². The molecule has 0 spiro atoms. The van der Waals surface area contributed by atoms with Crippen LogP contribution in [0.5, 0.6) is 0 Å². The summed E-state index contributed by atoms with van der Waals surface area (Å²) in [4.78, 5) is 2.70. The van der Waals surface area contributed by atoms with Crippen molar-refractivity contribution in [2.75, 3.05) is 25.0 Å². The number of rotatable bonds is 2. The zero-order valence-corrected chi connectivity index (χ0v) is 15.8. The molecule has 3 atom stereocenters. The van der Waals surface area contributed by atoms with Crippen LogP contribution in [0.3, 0.4) is 0 Å². The molecule has 1 saturated heterocycles. The van der Waals surface area contributed by atoms with Crippen LogP contribution >= 0.6 is 0 Å². The van der Waals surface area contributed by atoms with E-state index >= 15 is 0 Å². The van der Waals surface area contributed by atoms with E-state index in [1.165, 1.54) is 24.3 Å². The van der Waals surface area contributed by atoms with E-state index < -0.39 is 15.7 Å². The van der Waals surface area contributed by atoms with Gasteiger partial charge >= 0.3 is 0 Å². The predicted molar refractivity (Wildman–Crippen MR) is 99.9 cm³/mol. The highest BCUT2D eigenvalue weighted by Crippen LogP contribution is 2.46. The van der Waals surface area contributed by atoms with Gasteiger partial charge in [-0.25, -0.2) is 12.8 Å². The van der Waals surface area contributed by atoms with Gasteiger partial charge in [-0.1, -0.05) is 6.92 Å². The first kappa shape index (κ1) is 17.5. The fourth-order valence-electron chi connectivity index (χ4n) is 4.49. The lowest BCUT2D eigenvalue weighted by atomic mass is 9.86. The van der Waals surface area contributed by atoms with Crippen molar-refractivity contribution in [2.45, 2.75) is 35.1 Å². The Morgan fingerprint density at radius 1 is 1.12 bits per heavy atom. The van der Waals surface area contributed by atoms with Crippen molar-refractivity contribution in [3.63, 3.8) is 0 Å². The Bertz CT molecular complexity index is 927. The topological polar surface area (TPSA) is 49.4 Å². The van der Waals surface area contributed by atoms with E-state index in [1.54, 1.807) is 6.07 Å². The van der Waals surface area contributed by atoms with Gasteiger partial charge in [0.2, 0.25) is 9.84 Å². The summed E-state index contributed by atoms with van der Waals surface area (Å²) in [5, 5.41) is 3.47. The average molecular weight is 374 g/mol. The summed E-state index contributed by atoms with van der Waals surface area (Å²) >= 11 is 0. The molecule has 1 fully saturated rings. The third-order valence-corrected chi connectivity index (χ3v) is 7.52. The van der Waals surface area contributed by atoms with Gasteiger partial charge in [-0.15, -0.1) is 0 Å². The summed E-state index contributed by atoms with van der Waals surface area (Å²) in [6, 6.07) is 10.8. The third-order valence-electron chi connectivity index (χ3n) is 5.75. The highest BCUT2D eigenvalue weighted by atomic mass is 32.2. The minimum absolute atomic E-state index is 0.123. The maximum absolute atomic E-state index is 13.2. The van der Waals surface area contributed by atoms with Crippen molar-refractivity contribution >= 4 is 15.5 Å². The first-order valence-electron chi connectivity index (χ1n) is 8.98. The summed E-state index contributed by atoms with van der Waals surface area (Å²) in [6.07, 6.45) is 0.992. The first-order chi connectivity index (χ1) is 12.4. The zero-order valence-electron chi connectivity index (χ0n) is 14.9. The molecular formula is C20H23FN2O2S. The largest absolute Gasteiger partial charge is 0.370 e. The molecule has 26 heavy (non-hydrogen) atoms. The zero-order chi connectivity index (χ0) is 18.5. The van der Waals surface area contributed by atoms with Crippen LogP contribution in [-0.2, 0) is 9.84 Å². The molecule has 4 nitrogen and oxygen atoms in total. The summed E-state index contributed by atoms with van der Waals surface area (Å²) in [7, 11) is -1.56. The van der Waals surface area contributed by atoms with Gasteiger partial charge in [0, 0.05) is 24.7 Å². The van der Waals surface area contributed by atoms with Crippen LogP contribution < -0.4 is 10.2 Å². The van der Waals surface area contributed by atoms with Gasteiger partial charge in [-0.2, -0.15) is 0 Å². The van der Waals surface area contributed by atoms with Crippen LogP contribution in [0.2, 0.25) is 0 Å². The summed E-state index contributed by atoms with van der Waals surface area (Å²) in [6.45, 7) is 4.16. The molecule has 2 aliphatic heterocycles. The molecule has 2 aromatic carbocycles. The lowest BCUT2D eigenvalue weighted by molar-refractivity contribution is 0.417. The predicted octanol–water partition coefficient (Wildman–Crippen LogP) is 3.19. The Balaban J connectivity index is 1.78. The molecule has 1 N–H and O–H groups in total. The molecule has 0 amide bonds. The van der Waals surface area contributed by atoms with E-state index in [2.05, 4.69) is 24.2 Å². The number of likely N-dealkylation sites (N-methyl/N-ethyl adjacent to an activating group) is 1. The Kier molecular flexibility index (Phi) is 4.28. The minimum Gasteiger partial charge on any atom is -0.370 e. The summed E-state index contributed by atoms with van der Waals surface area (Å²) in [5.74, 6) is 0.364. The van der Waals surface area contributed by atoms with Crippen molar-refractivity contribution in [2.24, 2.45) is 5.92 Å². The SMILES string of the molecule is CC1CNCC[C@H]2c3cc(S(=O)(=O)c4ccc(F)cc4)ccc3N(C)[C@H]12. The maximum atomic E-state index is 13.2. The van der Waals surface area contributed by atoms with Gasteiger partial charge in [-0.3, -0.25) is 0 Å². The van der Waals surface area contributed by atoms with E-state index in [0.717, 1.165) is 30.8 Å². The number of benzene rings is 2. The lowest BCUT2D eigenvalue weighted by Crippen LogP contribution is -2.38. The normalized spacial score (nSPS) is 25.5. The number of nitrogens with zero attached hydrogens (tertiary/aromatic N) is 1. The van der Waals surface area contributed by atoms with Crippen LogP contribution in [0.4, 0.5) is 10.1 Å². The molecule has 138 valence electrons. The monoisotopic (exact) mass is 374 g/mol. The molecule has 1 unspecified atom stereocenters. The van der Waals surface area contributed by atoms with E-state index in [-0.39, 0.29) is 9.79 Å². The van der Waals surface area contributed by atoms with Gasteiger partial charge < -0.3 is 10.2 Å². The molecule has 4 rings (SSSR count). The molecule has 6 heteroatoms. The molecule has 2 heterocycles. The second kappa shape index (κ2) is 6.35. The molecule has 0 bridgehead atoms. The average Bonchev–Trinajstić information content (AvgIpc) is 2.76. The number of sulfone groups is 1. The van der Waals surface area contributed by atoms with Crippen LogP contribution in [0.25, 0.3) is 0 Å². The van der Waals surface area contributed by atoms with E-state index in [4.69, 9.17) is 0 Å². The van der Waals surface area contributed by atoms with Crippen molar-refractivity contribution < 1.29 is 12.8 Å². The van der Waals surface area contributed by atoms with Crippen molar-refractivity contribution in [1.82, 2.24) is 5.32 Å². The first-order valence-corrected chi connectivity index (χ1v) is 10.5. The van der Waals surface area contributed by atoms with Crippen molar-refractivity contribution in [3.8, 4) is 0 Å². The number of halogens is 1. The second-order valence-corrected chi connectivity index (χ2v) is 9.31. The third kappa shape index (κ3) is 2.72. The molecular weight excluding hydrogens is 351 g/mol. The quantitative estimate of drug-likeness (QED) is 0.821. The highest BCUT2D eigenvalue weighted by molar-refractivity contribution is 7.91. The van der Waals surface area contributed by atoms with Crippen LogP contribution in [0.15, 0.2) is 52.3 Å². The Morgan fingerprint density at radius 2 is 1.81 bits per heavy atom. The van der Waals surface area contributed by atoms with Crippen molar-refractivity contribution in [3.05, 3.63) is 53.8 Å². The van der Waals surface area contributed by atoms with Crippen molar-refractivity contribution in [1.29, 1.82) is 0 Å². The van der Waals surface area contributed by atoms with E-state index in [0.29, 0.717) is 17.9 Å². The number of anilines is 1. The maximum Gasteiger partial charge on any atom is 0.206 e. The summed E-state index contributed by atoms with van der Waals surface area (Å²) < 4.78 is 39.1. The molecule has 0 aliphatic carbocycles. The molecule has 2 aliphatic rings. The fraction of sp³-hybridized carbons (Fsp3) is 0.400. The minimum atomic E-state index is -3.66. The van der Waals surface area contributed by atoms with Gasteiger partial charge in [0.05, 0.1) is 9.79 Å². The molecule has 0 radical (unpaired) electrons. The van der Waals surface area contributed by atoms with E-state index in [1.807, 2.05) is 12.1 Å². The molecule has 0 aromatic heterocycles. The van der Waals surface area contributed by atoms with E-state index in [9.17, 15) is 12.8 Å². The van der Waals surface area contributed by atoms with Gasteiger partial charge in [-0.05, 0) is 73.5 Å². The molecule has 0 saturated carbocycles.